The highest BCUT2D eigenvalue weighted by Gasteiger charge is 2.47. The van der Waals surface area contributed by atoms with Crippen LogP contribution in [-0.4, -0.2) is 72.5 Å². The maximum absolute atomic E-state index is 11.2. The summed E-state index contributed by atoms with van der Waals surface area (Å²) >= 11 is 0. The second-order valence-corrected chi connectivity index (χ2v) is 5.37. The molecule has 0 aliphatic carbocycles. The molecule has 4 N–H and O–H groups in total. The van der Waals surface area contributed by atoms with Crippen LogP contribution in [0, 0.1) is 30.3 Å². The molecular formula is C12H13N3O12. The van der Waals surface area contributed by atoms with E-state index in [1.54, 1.807) is 0 Å². The summed E-state index contributed by atoms with van der Waals surface area (Å²) in [6.07, 6.45) is -8.82. The Morgan fingerprint density at radius 1 is 0.926 bits per heavy atom. The summed E-state index contributed by atoms with van der Waals surface area (Å²) in [6.45, 7) is -0.812. The summed E-state index contributed by atoms with van der Waals surface area (Å²) < 4.78 is 10.0. The lowest BCUT2D eigenvalue weighted by Gasteiger charge is -2.39. The minimum Gasteiger partial charge on any atom is -0.454 e. The third-order valence-corrected chi connectivity index (χ3v) is 3.75. The fourth-order valence-electron chi connectivity index (χ4n) is 2.44. The summed E-state index contributed by atoms with van der Waals surface area (Å²) in [5.41, 5.74) is -3.98. The molecule has 0 aromatic heterocycles. The molecule has 1 aromatic rings. The number of benzene rings is 1. The quantitative estimate of drug-likeness (QED) is 0.324. The van der Waals surface area contributed by atoms with Gasteiger partial charge in [0.1, 0.15) is 24.4 Å². The van der Waals surface area contributed by atoms with E-state index in [0.29, 0.717) is 12.1 Å². The van der Waals surface area contributed by atoms with Crippen molar-refractivity contribution in [3.8, 4) is 5.75 Å². The second kappa shape index (κ2) is 7.72. The highest BCUT2D eigenvalue weighted by Crippen LogP contribution is 2.43. The van der Waals surface area contributed by atoms with Crippen LogP contribution in [0.2, 0.25) is 0 Å². The van der Waals surface area contributed by atoms with Gasteiger partial charge in [-0.05, 0) is 6.07 Å². The normalized spacial score (nSPS) is 27.8. The van der Waals surface area contributed by atoms with Gasteiger partial charge in [0, 0.05) is 6.07 Å². The fourth-order valence-corrected chi connectivity index (χ4v) is 2.44. The topological polar surface area (TPSA) is 229 Å². The lowest BCUT2D eigenvalue weighted by Crippen LogP contribution is -2.60. The smallest absolute Gasteiger partial charge is 0.426 e. The SMILES string of the molecule is O=[N+]([O-])c1ccc(O[C@@H]2O[C@H](CO)[C@H](O)[C@H](O)[C@H]2O)c([N+](=O)[O-])c1[N+](=O)[O-]. The average Bonchev–Trinajstić information content (AvgIpc) is 2.60. The Hall–Kier alpha value is -2.98. The van der Waals surface area contributed by atoms with Crippen molar-refractivity contribution in [2.45, 2.75) is 30.7 Å². The van der Waals surface area contributed by atoms with Gasteiger partial charge in [0.2, 0.25) is 12.0 Å². The van der Waals surface area contributed by atoms with Gasteiger partial charge in [-0.15, -0.1) is 0 Å². The fraction of sp³-hybridized carbons (Fsp3) is 0.500. The van der Waals surface area contributed by atoms with Crippen LogP contribution in [-0.2, 0) is 4.74 Å². The van der Waals surface area contributed by atoms with Gasteiger partial charge in [-0.3, -0.25) is 30.3 Å². The molecule has 1 aromatic carbocycles. The number of nitro benzene ring substituents is 3. The van der Waals surface area contributed by atoms with Gasteiger partial charge in [0.05, 0.1) is 21.4 Å². The maximum atomic E-state index is 11.2. The third kappa shape index (κ3) is 3.76. The predicted octanol–water partition coefficient (Wildman–Crippen LogP) is -1.41. The highest BCUT2D eigenvalue weighted by atomic mass is 16.7. The van der Waals surface area contributed by atoms with Crippen molar-refractivity contribution >= 4 is 17.1 Å². The zero-order chi connectivity index (χ0) is 20.5. The minimum absolute atomic E-state index is 0.588. The number of aliphatic hydroxyl groups excluding tert-OH is 4. The first-order valence-electron chi connectivity index (χ1n) is 7.17. The minimum atomic E-state index is -1.95. The molecule has 0 unspecified atom stereocenters. The summed E-state index contributed by atoms with van der Waals surface area (Å²) in [7, 11) is 0. The molecule has 0 amide bonds. The van der Waals surface area contributed by atoms with Gasteiger partial charge < -0.3 is 29.9 Å². The van der Waals surface area contributed by atoms with Crippen LogP contribution in [0.4, 0.5) is 17.1 Å². The molecule has 15 heteroatoms. The number of aliphatic hydroxyl groups is 4. The zero-order valence-corrected chi connectivity index (χ0v) is 13.1. The lowest BCUT2D eigenvalue weighted by molar-refractivity contribution is -0.441. The van der Waals surface area contributed by atoms with E-state index in [9.17, 15) is 45.7 Å². The number of hydrogen-bond donors (Lipinski definition) is 4. The van der Waals surface area contributed by atoms with Crippen LogP contribution in [0.1, 0.15) is 0 Å². The molecule has 1 fully saturated rings. The molecule has 1 aliphatic rings. The molecular weight excluding hydrogens is 378 g/mol. The Labute approximate surface area is 148 Å². The molecule has 1 aliphatic heterocycles. The zero-order valence-electron chi connectivity index (χ0n) is 13.1. The van der Waals surface area contributed by atoms with Crippen molar-refractivity contribution in [2.75, 3.05) is 6.61 Å². The van der Waals surface area contributed by atoms with Crippen LogP contribution in [0.25, 0.3) is 0 Å². The first-order chi connectivity index (χ1) is 12.6. The second-order valence-electron chi connectivity index (χ2n) is 5.37. The molecule has 1 saturated heterocycles. The Morgan fingerprint density at radius 3 is 2.00 bits per heavy atom. The monoisotopic (exact) mass is 391 g/mol. The largest absolute Gasteiger partial charge is 0.454 e. The molecule has 0 radical (unpaired) electrons. The van der Waals surface area contributed by atoms with Gasteiger partial charge in [-0.1, -0.05) is 0 Å². The van der Waals surface area contributed by atoms with Crippen LogP contribution in [0.5, 0.6) is 5.75 Å². The van der Waals surface area contributed by atoms with Crippen LogP contribution >= 0.6 is 0 Å². The van der Waals surface area contributed by atoms with E-state index in [1.165, 1.54) is 0 Å². The first-order valence-corrected chi connectivity index (χ1v) is 7.17. The van der Waals surface area contributed by atoms with Crippen molar-refractivity contribution in [1.82, 2.24) is 0 Å². The highest BCUT2D eigenvalue weighted by molar-refractivity contribution is 5.71. The Bertz CT molecular complexity index is 768. The summed E-state index contributed by atoms with van der Waals surface area (Å²) in [6, 6.07) is 1.27. The van der Waals surface area contributed by atoms with E-state index in [2.05, 4.69) is 0 Å². The van der Waals surface area contributed by atoms with E-state index < -0.39 is 74.9 Å². The van der Waals surface area contributed by atoms with Crippen LogP contribution < -0.4 is 4.74 Å². The van der Waals surface area contributed by atoms with Crippen molar-refractivity contribution in [3.05, 3.63) is 42.5 Å². The standard InChI is InChI=1S/C12H13N3O12/c16-3-6-9(17)10(18)11(19)12(27-6)26-5-2-1-4(13(20)21)7(14(22)23)8(5)15(24)25/h1-2,6,9-12,16-19H,3H2/t6-,9+,10+,11-,12-/m1/s1. The van der Waals surface area contributed by atoms with E-state index in [4.69, 9.17) is 14.6 Å². The molecule has 5 atom stereocenters. The van der Waals surface area contributed by atoms with Crippen molar-refractivity contribution < 1.29 is 44.7 Å². The molecule has 0 spiro atoms. The Kier molecular flexibility index (Phi) is 5.82. The molecule has 15 nitrogen and oxygen atoms in total. The van der Waals surface area contributed by atoms with Crippen LogP contribution in [0.3, 0.4) is 0 Å². The molecule has 1 heterocycles. The van der Waals surface area contributed by atoms with Crippen molar-refractivity contribution in [1.29, 1.82) is 0 Å². The average molecular weight is 391 g/mol. The number of nitro groups is 3. The number of hydrogen-bond acceptors (Lipinski definition) is 12. The summed E-state index contributed by atoms with van der Waals surface area (Å²) in [5.74, 6) is -0.860. The van der Waals surface area contributed by atoms with Gasteiger partial charge in [0.25, 0.3) is 0 Å². The molecule has 0 saturated carbocycles. The summed E-state index contributed by atoms with van der Waals surface area (Å²) in [4.78, 5) is 29.4. The van der Waals surface area contributed by atoms with Gasteiger partial charge >= 0.3 is 17.1 Å². The molecule has 2 rings (SSSR count). The molecule has 148 valence electrons. The van der Waals surface area contributed by atoms with E-state index in [-0.39, 0.29) is 0 Å². The van der Waals surface area contributed by atoms with Gasteiger partial charge in [0.15, 0.2) is 0 Å². The number of nitrogens with zero attached hydrogens (tertiary/aromatic N) is 3. The Balaban J connectivity index is 2.50. The van der Waals surface area contributed by atoms with E-state index >= 15 is 0 Å². The van der Waals surface area contributed by atoms with E-state index in [0.717, 1.165) is 0 Å². The van der Waals surface area contributed by atoms with Gasteiger partial charge in [-0.25, -0.2) is 0 Å². The third-order valence-electron chi connectivity index (χ3n) is 3.75. The van der Waals surface area contributed by atoms with E-state index in [1.807, 2.05) is 0 Å². The van der Waals surface area contributed by atoms with Crippen molar-refractivity contribution in [2.24, 2.45) is 0 Å². The Morgan fingerprint density at radius 2 is 1.52 bits per heavy atom. The summed E-state index contributed by atoms with van der Waals surface area (Å²) in [5, 5.41) is 71.6. The predicted molar refractivity (Wildman–Crippen MR) is 80.8 cm³/mol. The first kappa shape index (κ1) is 20.3. The molecule has 0 bridgehead atoms. The molecule has 27 heavy (non-hydrogen) atoms. The number of rotatable bonds is 6. The maximum Gasteiger partial charge on any atom is 0.426 e. The number of ether oxygens (including phenoxy) is 2. The van der Waals surface area contributed by atoms with Gasteiger partial charge in [-0.2, -0.15) is 0 Å². The van der Waals surface area contributed by atoms with Crippen molar-refractivity contribution in [3.63, 3.8) is 0 Å². The van der Waals surface area contributed by atoms with Crippen LogP contribution in [0.15, 0.2) is 12.1 Å². The lowest BCUT2D eigenvalue weighted by atomic mass is 9.99.